The van der Waals surface area contributed by atoms with Crippen LogP contribution in [0.15, 0.2) is 12.4 Å². The molecular weight excluding hydrogens is 192 g/mol. The molecule has 1 fully saturated rings. The summed E-state index contributed by atoms with van der Waals surface area (Å²) in [7, 11) is 0. The summed E-state index contributed by atoms with van der Waals surface area (Å²) in [6.07, 6.45) is 7.52. The molecule has 1 saturated carbocycles. The number of hydrogen-bond donors (Lipinski definition) is 0. The minimum absolute atomic E-state index is 0.492. The summed E-state index contributed by atoms with van der Waals surface area (Å²) >= 11 is 0. The van der Waals surface area contributed by atoms with E-state index in [1.54, 1.807) is 10.7 Å². The Morgan fingerprint density at radius 1 is 1.47 bits per heavy atom. The molecule has 0 saturated heterocycles. The van der Waals surface area contributed by atoms with Crippen molar-refractivity contribution in [3.63, 3.8) is 0 Å². The van der Waals surface area contributed by atoms with Gasteiger partial charge in [0.1, 0.15) is 0 Å². The van der Waals surface area contributed by atoms with Gasteiger partial charge in [0.15, 0.2) is 12.1 Å². The highest BCUT2D eigenvalue weighted by Crippen LogP contribution is 2.34. The van der Waals surface area contributed by atoms with Gasteiger partial charge in [0.05, 0.1) is 5.56 Å². The van der Waals surface area contributed by atoms with Crippen molar-refractivity contribution in [1.29, 1.82) is 0 Å². The largest absolute Gasteiger partial charge is 0.298 e. The van der Waals surface area contributed by atoms with Gasteiger partial charge in [0, 0.05) is 18.3 Å². The highest BCUT2D eigenvalue weighted by Gasteiger charge is 2.23. The van der Waals surface area contributed by atoms with Crippen LogP contribution >= 0.6 is 0 Å². The summed E-state index contributed by atoms with van der Waals surface area (Å²) in [6.45, 7) is 0. The van der Waals surface area contributed by atoms with Crippen molar-refractivity contribution >= 4 is 12.1 Å². The van der Waals surface area contributed by atoms with Gasteiger partial charge in [-0.15, -0.1) is 5.10 Å². The Balaban J connectivity index is 2.08. The molecule has 15 heavy (non-hydrogen) atoms. The molecule has 0 bridgehead atoms. The first kappa shape index (κ1) is 8.52. The lowest BCUT2D eigenvalue weighted by molar-refractivity contribution is 0.112. The third kappa shape index (κ3) is 1.31. The van der Waals surface area contributed by atoms with Crippen molar-refractivity contribution in [1.82, 2.24) is 19.6 Å². The van der Waals surface area contributed by atoms with Gasteiger partial charge in [-0.2, -0.15) is 4.98 Å². The van der Waals surface area contributed by atoms with Crippen LogP contribution in [0.3, 0.4) is 0 Å². The number of aldehydes is 1. The second kappa shape index (κ2) is 3.12. The van der Waals surface area contributed by atoms with Crippen LogP contribution in [0.25, 0.3) is 5.78 Å². The standard InChI is InChI=1S/C10H10N4O/c15-6-7-4-11-10-12-9(8-2-1-3-8)13-14(10)5-7/h4-6,8H,1-3H2. The van der Waals surface area contributed by atoms with Crippen molar-refractivity contribution in [2.45, 2.75) is 25.2 Å². The molecule has 2 aromatic heterocycles. The quantitative estimate of drug-likeness (QED) is 0.686. The number of aromatic nitrogens is 4. The molecule has 1 aliphatic carbocycles. The van der Waals surface area contributed by atoms with Gasteiger partial charge in [-0.05, 0) is 12.8 Å². The fourth-order valence-electron chi connectivity index (χ4n) is 1.71. The summed E-state index contributed by atoms with van der Waals surface area (Å²) in [5.74, 6) is 1.92. The van der Waals surface area contributed by atoms with Crippen LogP contribution in [-0.2, 0) is 0 Å². The zero-order valence-corrected chi connectivity index (χ0v) is 8.13. The molecule has 0 spiro atoms. The number of nitrogens with zero attached hydrogens (tertiary/aromatic N) is 4. The van der Waals surface area contributed by atoms with Gasteiger partial charge >= 0.3 is 0 Å². The van der Waals surface area contributed by atoms with E-state index < -0.39 is 0 Å². The average molecular weight is 202 g/mol. The molecule has 0 aromatic carbocycles. The van der Waals surface area contributed by atoms with E-state index >= 15 is 0 Å². The molecule has 0 amide bonds. The van der Waals surface area contributed by atoms with Gasteiger partial charge in [-0.3, -0.25) is 4.79 Å². The lowest BCUT2D eigenvalue weighted by Gasteiger charge is -2.21. The predicted molar refractivity (Wildman–Crippen MR) is 52.8 cm³/mol. The molecule has 5 heteroatoms. The molecule has 2 aromatic rings. The Kier molecular flexibility index (Phi) is 1.77. The monoisotopic (exact) mass is 202 g/mol. The molecule has 1 aliphatic rings. The molecule has 76 valence electrons. The van der Waals surface area contributed by atoms with E-state index in [-0.39, 0.29) is 0 Å². The van der Waals surface area contributed by atoms with Gasteiger partial charge in [0.2, 0.25) is 0 Å². The van der Waals surface area contributed by atoms with E-state index in [0.29, 0.717) is 17.3 Å². The summed E-state index contributed by atoms with van der Waals surface area (Å²) < 4.78 is 1.58. The topological polar surface area (TPSA) is 60.2 Å². The van der Waals surface area contributed by atoms with E-state index in [9.17, 15) is 4.79 Å². The van der Waals surface area contributed by atoms with Crippen LogP contribution < -0.4 is 0 Å². The van der Waals surface area contributed by atoms with E-state index in [1.807, 2.05) is 0 Å². The zero-order chi connectivity index (χ0) is 10.3. The van der Waals surface area contributed by atoms with Gasteiger partial charge in [-0.1, -0.05) is 6.42 Å². The fourth-order valence-corrected chi connectivity index (χ4v) is 1.71. The van der Waals surface area contributed by atoms with Crippen molar-refractivity contribution in [2.75, 3.05) is 0 Å². The summed E-state index contributed by atoms with van der Waals surface area (Å²) in [5, 5.41) is 4.33. The summed E-state index contributed by atoms with van der Waals surface area (Å²) in [6, 6.07) is 0. The van der Waals surface area contributed by atoms with Crippen LogP contribution in [0.1, 0.15) is 41.4 Å². The second-order valence-electron chi connectivity index (χ2n) is 3.85. The lowest BCUT2D eigenvalue weighted by Crippen LogP contribution is -2.10. The maximum Gasteiger partial charge on any atom is 0.252 e. The van der Waals surface area contributed by atoms with E-state index in [1.165, 1.54) is 12.6 Å². The summed E-state index contributed by atoms with van der Waals surface area (Å²) in [5.41, 5.74) is 0.521. The third-order valence-electron chi connectivity index (χ3n) is 2.84. The van der Waals surface area contributed by atoms with Gasteiger partial charge in [-0.25, -0.2) is 9.50 Å². The highest BCUT2D eigenvalue weighted by atomic mass is 16.1. The van der Waals surface area contributed by atoms with E-state index in [4.69, 9.17) is 0 Å². The first-order chi connectivity index (χ1) is 7.36. The van der Waals surface area contributed by atoms with Gasteiger partial charge in [0.25, 0.3) is 5.78 Å². The third-order valence-corrected chi connectivity index (χ3v) is 2.84. The Morgan fingerprint density at radius 3 is 3.00 bits per heavy atom. The fraction of sp³-hybridized carbons (Fsp3) is 0.400. The number of carbonyl (C=O) groups is 1. The van der Waals surface area contributed by atoms with Crippen molar-refractivity contribution < 1.29 is 4.79 Å². The maximum absolute atomic E-state index is 10.6. The predicted octanol–water partition coefficient (Wildman–Crippen LogP) is 1.20. The van der Waals surface area contributed by atoms with Crippen molar-refractivity contribution in [2.24, 2.45) is 0 Å². The van der Waals surface area contributed by atoms with Crippen LogP contribution in [0.4, 0.5) is 0 Å². The Bertz CT molecular complexity index is 515. The summed E-state index contributed by atoms with van der Waals surface area (Å²) in [4.78, 5) is 19.0. The maximum atomic E-state index is 10.6. The molecule has 2 heterocycles. The number of rotatable bonds is 2. The average Bonchev–Trinajstić information content (AvgIpc) is 2.56. The number of carbonyl (C=O) groups excluding carboxylic acids is 1. The molecule has 0 radical (unpaired) electrons. The minimum Gasteiger partial charge on any atom is -0.298 e. The second-order valence-corrected chi connectivity index (χ2v) is 3.85. The molecular formula is C10H10N4O. The first-order valence-electron chi connectivity index (χ1n) is 5.04. The molecule has 0 N–H and O–H groups in total. The lowest BCUT2D eigenvalue weighted by atomic mass is 9.85. The Morgan fingerprint density at radius 2 is 2.33 bits per heavy atom. The smallest absolute Gasteiger partial charge is 0.252 e. The van der Waals surface area contributed by atoms with Crippen LogP contribution in [-0.4, -0.2) is 25.9 Å². The first-order valence-corrected chi connectivity index (χ1v) is 5.04. The van der Waals surface area contributed by atoms with Crippen molar-refractivity contribution in [3.8, 4) is 0 Å². The van der Waals surface area contributed by atoms with E-state index in [0.717, 1.165) is 25.0 Å². The zero-order valence-electron chi connectivity index (χ0n) is 8.13. The molecule has 0 aliphatic heterocycles. The van der Waals surface area contributed by atoms with Crippen molar-refractivity contribution in [3.05, 3.63) is 23.8 Å². The molecule has 3 rings (SSSR count). The van der Waals surface area contributed by atoms with E-state index in [2.05, 4.69) is 15.1 Å². The minimum atomic E-state index is 0.492. The highest BCUT2D eigenvalue weighted by molar-refractivity contribution is 5.73. The normalized spacial score (nSPS) is 16.5. The Labute approximate surface area is 86.2 Å². The Hall–Kier alpha value is -1.78. The molecule has 0 atom stereocenters. The molecule has 0 unspecified atom stereocenters. The van der Waals surface area contributed by atoms with Crippen LogP contribution in [0, 0.1) is 0 Å². The number of hydrogen-bond acceptors (Lipinski definition) is 4. The molecule has 5 nitrogen and oxygen atoms in total. The van der Waals surface area contributed by atoms with Gasteiger partial charge < -0.3 is 0 Å². The van der Waals surface area contributed by atoms with Crippen LogP contribution in [0.2, 0.25) is 0 Å². The van der Waals surface area contributed by atoms with Crippen LogP contribution in [0.5, 0.6) is 0 Å². The SMILES string of the molecule is O=Cc1cnc2nc(C3CCC3)nn2c1. The number of fused-ring (bicyclic) bond motifs is 1.